The Morgan fingerprint density at radius 2 is 2.00 bits per heavy atom. The van der Waals surface area contributed by atoms with Gasteiger partial charge in [-0.1, -0.05) is 19.3 Å². The number of carbonyl (C=O) groups excluding carboxylic acids is 1. The van der Waals surface area contributed by atoms with E-state index in [1.54, 1.807) is 0 Å². The third-order valence-electron chi connectivity index (χ3n) is 3.30. The van der Waals surface area contributed by atoms with E-state index >= 15 is 0 Å². The molecule has 0 aliphatic heterocycles. The number of nitrogens with two attached hydrogens (primary N) is 1. The van der Waals surface area contributed by atoms with Crippen molar-refractivity contribution in [3.8, 4) is 0 Å². The summed E-state index contributed by atoms with van der Waals surface area (Å²) in [7, 11) is 0. The highest BCUT2D eigenvalue weighted by molar-refractivity contribution is 5.95. The molecule has 3 nitrogen and oxygen atoms in total. The number of hydrogen-bond acceptors (Lipinski definition) is 3. The molecule has 1 aromatic rings. The zero-order chi connectivity index (χ0) is 13.1. The van der Waals surface area contributed by atoms with Gasteiger partial charge in [0.15, 0.2) is 11.6 Å². The molecule has 5 heteroatoms. The maximum Gasteiger partial charge on any atom is 0.340 e. The minimum atomic E-state index is -1.10. The van der Waals surface area contributed by atoms with Crippen molar-refractivity contribution in [3.63, 3.8) is 0 Å². The summed E-state index contributed by atoms with van der Waals surface area (Å²) in [5.74, 6) is -2.25. The first-order valence-corrected chi connectivity index (χ1v) is 5.99. The smallest absolute Gasteiger partial charge is 0.340 e. The molecule has 0 radical (unpaired) electrons. The Kier molecular flexibility index (Phi) is 3.79. The molecule has 2 rings (SSSR count). The van der Waals surface area contributed by atoms with Crippen LogP contribution < -0.4 is 5.73 Å². The monoisotopic (exact) mass is 255 g/mol. The van der Waals surface area contributed by atoms with Crippen molar-refractivity contribution < 1.29 is 18.3 Å². The minimum Gasteiger partial charge on any atom is -0.462 e. The first-order chi connectivity index (χ1) is 8.58. The van der Waals surface area contributed by atoms with E-state index < -0.39 is 17.6 Å². The molecule has 1 saturated carbocycles. The molecule has 1 aliphatic rings. The number of rotatable bonds is 4. The zero-order valence-corrected chi connectivity index (χ0v) is 9.92. The summed E-state index contributed by atoms with van der Waals surface area (Å²) in [5, 5.41) is 0. The van der Waals surface area contributed by atoms with Gasteiger partial charge in [-0.05, 0) is 18.4 Å². The lowest BCUT2D eigenvalue weighted by molar-refractivity contribution is 0.0465. The van der Waals surface area contributed by atoms with Crippen LogP contribution in [-0.2, 0) is 4.74 Å². The van der Waals surface area contributed by atoms with Crippen LogP contribution in [0.2, 0.25) is 0 Å². The van der Waals surface area contributed by atoms with Gasteiger partial charge in [0.2, 0.25) is 0 Å². The predicted octanol–water partition coefficient (Wildman–Crippen LogP) is 2.89. The Bertz CT molecular complexity index is 459. The molecule has 1 aliphatic carbocycles. The summed E-state index contributed by atoms with van der Waals surface area (Å²) in [6, 6.07) is 1.56. The minimum absolute atomic E-state index is 0.109. The Hall–Kier alpha value is -1.65. The summed E-state index contributed by atoms with van der Waals surface area (Å²) >= 11 is 0. The van der Waals surface area contributed by atoms with E-state index in [-0.39, 0.29) is 11.3 Å². The number of esters is 1. The lowest BCUT2D eigenvalue weighted by Gasteiger charge is -2.24. The average molecular weight is 255 g/mol. The quantitative estimate of drug-likeness (QED) is 0.664. The van der Waals surface area contributed by atoms with Gasteiger partial charge in [-0.2, -0.15) is 0 Å². The fraction of sp³-hybridized carbons (Fsp3) is 0.462. The highest BCUT2D eigenvalue weighted by Gasteiger charge is 2.19. The van der Waals surface area contributed by atoms with Crippen molar-refractivity contribution >= 4 is 11.7 Å². The Labute approximate surface area is 104 Å². The lowest BCUT2D eigenvalue weighted by atomic mass is 9.83. The first-order valence-electron chi connectivity index (χ1n) is 5.99. The molecule has 0 atom stereocenters. The highest BCUT2D eigenvalue weighted by Crippen LogP contribution is 2.29. The standard InChI is InChI=1S/C13H15F2NO2/c14-10-6-9(12(16)7-11(10)15)13(17)18-5-4-8-2-1-3-8/h6-8H,1-5,16H2. The van der Waals surface area contributed by atoms with Crippen LogP contribution in [0.4, 0.5) is 14.5 Å². The van der Waals surface area contributed by atoms with Gasteiger partial charge in [-0.15, -0.1) is 0 Å². The number of benzene rings is 1. The fourth-order valence-corrected chi connectivity index (χ4v) is 1.92. The molecular formula is C13H15F2NO2. The third-order valence-corrected chi connectivity index (χ3v) is 3.30. The van der Waals surface area contributed by atoms with Crippen LogP contribution >= 0.6 is 0 Å². The second-order valence-electron chi connectivity index (χ2n) is 4.58. The molecule has 18 heavy (non-hydrogen) atoms. The van der Waals surface area contributed by atoms with E-state index in [9.17, 15) is 13.6 Å². The van der Waals surface area contributed by atoms with Gasteiger partial charge in [0, 0.05) is 11.8 Å². The van der Waals surface area contributed by atoms with Crippen molar-refractivity contribution in [1.82, 2.24) is 0 Å². The maximum atomic E-state index is 13.0. The Morgan fingerprint density at radius 1 is 1.33 bits per heavy atom. The summed E-state index contributed by atoms with van der Waals surface area (Å²) in [5.41, 5.74) is 5.22. The fourth-order valence-electron chi connectivity index (χ4n) is 1.92. The molecule has 98 valence electrons. The van der Waals surface area contributed by atoms with Gasteiger partial charge in [0.05, 0.1) is 12.2 Å². The van der Waals surface area contributed by atoms with Crippen molar-refractivity contribution in [2.45, 2.75) is 25.7 Å². The van der Waals surface area contributed by atoms with Gasteiger partial charge < -0.3 is 10.5 Å². The van der Waals surface area contributed by atoms with Crippen molar-refractivity contribution in [2.75, 3.05) is 12.3 Å². The molecule has 2 N–H and O–H groups in total. The lowest BCUT2D eigenvalue weighted by Crippen LogP contribution is -2.16. The molecule has 1 aromatic carbocycles. The van der Waals surface area contributed by atoms with Crippen LogP contribution in [0.1, 0.15) is 36.0 Å². The average Bonchev–Trinajstić information content (AvgIpc) is 2.26. The summed E-state index contributed by atoms with van der Waals surface area (Å²) in [4.78, 5) is 11.6. The van der Waals surface area contributed by atoms with Gasteiger partial charge in [-0.3, -0.25) is 0 Å². The van der Waals surface area contributed by atoms with Gasteiger partial charge in [0.1, 0.15) is 0 Å². The number of carbonyl (C=O) groups is 1. The first kappa shape index (κ1) is 12.8. The molecule has 0 bridgehead atoms. The van der Waals surface area contributed by atoms with E-state index in [0.717, 1.165) is 18.6 Å². The third kappa shape index (κ3) is 2.78. The van der Waals surface area contributed by atoms with E-state index in [0.29, 0.717) is 12.5 Å². The van der Waals surface area contributed by atoms with E-state index in [4.69, 9.17) is 10.5 Å². The topological polar surface area (TPSA) is 52.3 Å². The molecular weight excluding hydrogens is 240 g/mol. The zero-order valence-electron chi connectivity index (χ0n) is 9.92. The molecule has 0 aromatic heterocycles. The summed E-state index contributed by atoms with van der Waals surface area (Å²) in [6.07, 6.45) is 4.39. The number of anilines is 1. The largest absolute Gasteiger partial charge is 0.462 e. The van der Waals surface area contributed by atoms with Crippen LogP contribution in [0.5, 0.6) is 0 Å². The van der Waals surface area contributed by atoms with Crippen LogP contribution in [-0.4, -0.2) is 12.6 Å². The Morgan fingerprint density at radius 3 is 2.61 bits per heavy atom. The predicted molar refractivity (Wildman–Crippen MR) is 63.0 cm³/mol. The number of hydrogen-bond donors (Lipinski definition) is 1. The molecule has 0 saturated heterocycles. The summed E-state index contributed by atoms with van der Waals surface area (Å²) < 4.78 is 30.8. The van der Waals surface area contributed by atoms with Crippen LogP contribution in [0.3, 0.4) is 0 Å². The molecule has 0 unspecified atom stereocenters. The van der Waals surface area contributed by atoms with Crippen molar-refractivity contribution in [1.29, 1.82) is 0 Å². The van der Waals surface area contributed by atoms with Gasteiger partial charge in [0.25, 0.3) is 0 Å². The van der Waals surface area contributed by atoms with Crippen LogP contribution in [0.15, 0.2) is 12.1 Å². The number of nitrogen functional groups attached to an aromatic ring is 1. The van der Waals surface area contributed by atoms with E-state index in [1.165, 1.54) is 19.3 Å². The van der Waals surface area contributed by atoms with Crippen LogP contribution in [0, 0.1) is 17.6 Å². The summed E-state index contributed by atoms with van der Waals surface area (Å²) in [6.45, 7) is 0.294. The second kappa shape index (κ2) is 5.33. The SMILES string of the molecule is Nc1cc(F)c(F)cc1C(=O)OCCC1CCC1. The second-order valence-corrected chi connectivity index (χ2v) is 4.58. The van der Waals surface area contributed by atoms with Crippen LogP contribution in [0.25, 0.3) is 0 Å². The van der Waals surface area contributed by atoms with Gasteiger partial charge >= 0.3 is 5.97 Å². The Balaban J connectivity index is 1.93. The van der Waals surface area contributed by atoms with E-state index in [1.807, 2.05) is 0 Å². The van der Waals surface area contributed by atoms with E-state index in [2.05, 4.69) is 0 Å². The number of ether oxygens (including phenoxy) is 1. The van der Waals surface area contributed by atoms with Gasteiger partial charge in [-0.25, -0.2) is 13.6 Å². The number of halogens is 2. The van der Waals surface area contributed by atoms with Crippen molar-refractivity contribution in [3.05, 3.63) is 29.3 Å². The highest BCUT2D eigenvalue weighted by atomic mass is 19.2. The molecule has 0 heterocycles. The molecule has 0 spiro atoms. The maximum absolute atomic E-state index is 13.0. The molecule has 1 fully saturated rings. The van der Waals surface area contributed by atoms with Crippen molar-refractivity contribution in [2.24, 2.45) is 5.92 Å². The normalized spacial score (nSPS) is 15.2. The molecule has 0 amide bonds.